The Bertz CT molecular complexity index is 641. The van der Waals surface area contributed by atoms with Gasteiger partial charge in [0.1, 0.15) is 0 Å². The summed E-state index contributed by atoms with van der Waals surface area (Å²) in [6.07, 6.45) is 7.17. The number of nitro groups is 1. The fourth-order valence-corrected chi connectivity index (χ4v) is 3.62. The second-order valence-electron chi connectivity index (χ2n) is 7.04. The first kappa shape index (κ1) is 19.9. The Balaban J connectivity index is 1.94. The molecule has 1 fully saturated rings. The number of nitrogens with one attached hydrogen (secondary N) is 1. The molecule has 0 bridgehead atoms. The van der Waals surface area contributed by atoms with E-state index < -0.39 is 10.9 Å². The van der Waals surface area contributed by atoms with Gasteiger partial charge in [0, 0.05) is 24.6 Å². The minimum Gasteiger partial charge on any atom is -0.481 e. The van der Waals surface area contributed by atoms with Crippen LogP contribution in [0.5, 0.6) is 0 Å². The van der Waals surface area contributed by atoms with Gasteiger partial charge in [0.05, 0.1) is 11.3 Å². The first-order valence-corrected chi connectivity index (χ1v) is 9.18. The van der Waals surface area contributed by atoms with Gasteiger partial charge in [-0.3, -0.25) is 19.7 Å². The Morgan fingerprint density at radius 2 is 2.00 bits per heavy atom. The molecule has 1 aromatic rings. The molecule has 0 saturated heterocycles. The van der Waals surface area contributed by atoms with Gasteiger partial charge in [0.2, 0.25) is 5.91 Å². The topological polar surface area (TPSA) is 110 Å². The van der Waals surface area contributed by atoms with Gasteiger partial charge in [0.25, 0.3) is 5.69 Å². The lowest BCUT2D eigenvalue weighted by molar-refractivity contribution is -0.384. The Morgan fingerprint density at radius 1 is 1.27 bits per heavy atom. The van der Waals surface area contributed by atoms with Crippen LogP contribution < -0.4 is 5.32 Å². The monoisotopic (exact) mass is 362 g/mol. The van der Waals surface area contributed by atoms with Crippen molar-refractivity contribution >= 4 is 17.6 Å². The third-order valence-electron chi connectivity index (χ3n) is 4.90. The number of amides is 1. The summed E-state index contributed by atoms with van der Waals surface area (Å²) in [6, 6.07) is 5.86. The van der Waals surface area contributed by atoms with Gasteiger partial charge in [-0.15, -0.1) is 0 Å². The molecule has 0 heterocycles. The molecular formula is C19H26N2O5. The smallest absolute Gasteiger partial charge is 0.303 e. The third-order valence-corrected chi connectivity index (χ3v) is 4.90. The standard InChI is InChI=1S/C19H26N2O5/c22-18(13-15-7-4-8-17(12-15)21(25)26)20-16(9-10-19(23)24)11-14-5-2-1-3-6-14/h4,7-8,12,14,16H,1-3,5-6,9-11,13H2,(H,20,22)(H,23,24). The van der Waals surface area contributed by atoms with Crippen molar-refractivity contribution in [3.8, 4) is 0 Å². The molecule has 0 aromatic heterocycles. The van der Waals surface area contributed by atoms with Crippen molar-refractivity contribution in [2.24, 2.45) is 5.92 Å². The molecule has 0 aliphatic heterocycles. The molecule has 1 aliphatic carbocycles. The number of carbonyl (C=O) groups excluding carboxylic acids is 1. The van der Waals surface area contributed by atoms with Crippen LogP contribution in [0.1, 0.15) is 56.9 Å². The average molecular weight is 362 g/mol. The molecular weight excluding hydrogens is 336 g/mol. The van der Waals surface area contributed by atoms with Crippen LogP contribution >= 0.6 is 0 Å². The number of carboxylic acid groups (broad SMARTS) is 1. The average Bonchev–Trinajstić information content (AvgIpc) is 2.60. The second-order valence-corrected chi connectivity index (χ2v) is 7.04. The van der Waals surface area contributed by atoms with Crippen LogP contribution in [-0.4, -0.2) is 27.9 Å². The number of hydrogen-bond donors (Lipinski definition) is 2. The van der Waals surface area contributed by atoms with E-state index in [-0.39, 0.29) is 30.5 Å². The number of rotatable bonds is 9. The zero-order chi connectivity index (χ0) is 18.9. The minimum absolute atomic E-state index is 0.0223. The van der Waals surface area contributed by atoms with Crippen molar-refractivity contribution in [1.82, 2.24) is 5.32 Å². The maximum Gasteiger partial charge on any atom is 0.303 e. The summed E-state index contributed by atoms with van der Waals surface area (Å²) in [7, 11) is 0. The lowest BCUT2D eigenvalue weighted by Crippen LogP contribution is -2.38. The van der Waals surface area contributed by atoms with E-state index in [9.17, 15) is 19.7 Å². The lowest BCUT2D eigenvalue weighted by Gasteiger charge is -2.27. The minimum atomic E-state index is -0.869. The van der Waals surface area contributed by atoms with Crippen molar-refractivity contribution in [1.29, 1.82) is 0 Å². The highest BCUT2D eigenvalue weighted by atomic mass is 16.6. The van der Waals surface area contributed by atoms with Gasteiger partial charge < -0.3 is 10.4 Å². The van der Waals surface area contributed by atoms with Crippen molar-refractivity contribution in [2.75, 3.05) is 0 Å². The molecule has 7 heteroatoms. The summed E-state index contributed by atoms with van der Waals surface area (Å²) in [5, 5.41) is 22.7. The molecule has 0 spiro atoms. The molecule has 1 saturated carbocycles. The SMILES string of the molecule is O=C(O)CCC(CC1CCCCC1)NC(=O)Cc1cccc([N+](=O)[O-])c1. The van der Waals surface area contributed by atoms with Crippen molar-refractivity contribution in [3.05, 3.63) is 39.9 Å². The zero-order valence-corrected chi connectivity index (χ0v) is 14.9. The highest BCUT2D eigenvalue weighted by Gasteiger charge is 2.21. The number of nitro benzene ring substituents is 1. The highest BCUT2D eigenvalue weighted by Crippen LogP contribution is 2.28. The van der Waals surface area contributed by atoms with Crippen molar-refractivity contribution in [3.63, 3.8) is 0 Å². The van der Waals surface area contributed by atoms with Crippen LogP contribution in [-0.2, 0) is 16.0 Å². The molecule has 2 rings (SSSR count). The van der Waals surface area contributed by atoms with E-state index in [0.29, 0.717) is 17.9 Å². The van der Waals surface area contributed by atoms with Crippen LogP contribution in [0.2, 0.25) is 0 Å². The number of carbonyl (C=O) groups is 2. The normalized spacial score (nSPS) is 16.0. The Hall–Kier alpha value is -2.44. The molecule has 2 N–H and O–H groups in total. The number of aliphatic carboxylic acids is 1. The van der Waals surface area contributed by atoms with Gasteiger partial charge in [-0.05, 0) is 24.3 Å². The third kappa shape index (κ3) is 6.82. The molecule has 1 atom stereocenters. The first-order valence-electron chi connectivity index (χ1n) is 9.18. The van der Waals surface area contributed by atoms with E-state index in [1.54, 1.807) is 12.1 Å². The maximum atomic E-state index is 12.4. The molecule has 1 aromatic carbocycles. The maximum absolute atomic E-state index is 12.4. The predicted molar refractivity (Wildman–Crippen MR) is 96.8 cm³/mol. The van der Waals surface area contributed by atoms with E-state index in [2.05, 4.69) is 5.32 Å². The fraction of sp³-hybridized carbons (Fsp3) is 0.579. The molecule has 0 radical (unpaired) electrons. The van der Waals surface area contributed by atoms with Crippen LogP contribution in [0, 0.1) is 16.0 Å². The first-order chi connectivity index (χ1) is 12.4. The molecule has 7 nitrogen and oxygen atoms in total. The van der Waals surface area contributed by atoms with E-state index in [0.717, 1.165) is 19.3 Å². The fourth-order valence-electron chi connectivity index (χ4n) is 3.62. The van der Waals surface area contributed by atoms with E-state index in [1.807, 2.05) is 0 Å². The highest BCUT2D eigenvalue weighted by molar-refractivity contribution is 5.79. The summed E-state index contributed by atoms with van der Waals surface area (Å²) in [4.78, 5) is 33.6. The number of nitrogens with zero attached hydrogens (tertiary/aromatic N) is 1. The van der Waals surface area contributed by atoms with Crippen LogP contribution in [0.25, 0.3) is 0 Å². The summed E-state index contributed by atoms with van der Waals surface area (Å²) >= 11 is 0. The second kappa shape index (κ2) is 9.89. The van der Waals surface area contributed by atoms with E-state index >= 15 is 0 Å². The van der Waals surface area contributed by atoms with Crippen molar-refractivity contribution < 1.29 is 19.6 Å². The number of carboxylic acids is 1. The number of benzene rings is 1. The molecule has 142 valence electrons. The quantitative estimate of drug-likeness (QED) is 0.516. The predicted octanol–water partition coefficient (Wildman–Crippen LogP) is 3.46. The van der Waals surface area contributed by atoms with Gasteiger partial charge >= 0.3 is 5.97 Å². The van der Waals surface area contributed by atoms with E-state index in [4.69, 9.17) is 5.11 Å². The molecule has 1 aliphatic rings. The van der Waals surface area contributed by atoms with Gasteiger partial charge in [-0.1, -0.05) is 44.2 Å². The lowest BCUT2D eigenvalue weighted by atomic mass is 9.84. The van der Waals surface area contributed by atoms with Crippen LogP contribution in [0.15, 0.2) is 24.3 Å². The summed E-state index contributed by atoms with van der Waals surface area (Å²) in [5.74, 6) is -0.566. The van der Waals surface area contributed by atoms with Gasteiger partial charge in [-0.2, -0.15) is 0 Å². The molecule has 1 unspecified atom stereocenters. The van der Waals surface area contributed by atoms with Crippen LogP contribution in [0.3, 0.4) is 0 Å². The van der Waals surface area contributed by atoms with Crippen LogP contribution in [0.4, 0.5) is 5.69 Å². The van der Waals surface area contributed by atoms with E-state index in [1.165, 1.54) is 31.4 Å². The Kier molecular flexibility index (Phi) is 7.56. The number of non-ortho nitro benzene ring substituents is 1. The Morgan fingerprint density at radius 3 is 2.65 bits per heavy atom. The summed E-state index contributed by atoms with van der Waals surface area (Å²) in [5.41, 5.74) is 0.534. The number of hydrogen-bond acceptors (Lipinski definition) is 4. The Labute approximate surface area is 152 Å². The van der Waals surface area contributed by atoms with Crippen molar-refractivity contribution in [2.45, 2.75) is 63.8 Å². The molecule has 1 amide bonds. The summed E-state index contributed by atoms with van der Waals surface area (Å²) < 4.78 is 0. The van der Waals surface area contributed by atoms with Gasteiger partial charge in [0.15, 0.2) is 0 Å². The zero-order valence-electron chi connectivity index (χ0n) is 14.9. The molecule has 26 heavy (non-hydrogen) atoms. The summed E-state index contributed by atoms with van der Waals surface area (Å²) in [6.45, 7) is 0. The largest absolute Gasteiger partial charge is 0.481 e. The van der Waals surface area contributed by atoms with Gasteiger partial charge in [-0.25, -0.2) is 0 Å².